The Morgan fingerprint density at radius 1 is 1.07 bits per heavy atom. The summed E-state index contributed by atoms with van der Waals surface area (Å²) in [7, 11) is -4.50. The predicted octanol–water partition coefficient (Wildman–Crippen LogP) is 5.24. The van der Waals surface area contributed by atoms with E-state index < -0.39 is 23.3 Å². The van der Waals surface area contributed by atoms with Crippen molar-refractivity contribution in [3.05, 3.63) is 42.5 Å². The van der Waals surface area contributed by atoms with Crippen LogP contribution in [0.15, 0.2) is 36.9 Å². The molecule has 0 spiro atoms. The fourth-order valence-electron chi connectivity index (χ4n) is 2.89. The van der Waals surface area contributed by atoms with Gasteiger partial charge >= 0.3 is 10.4 Å². The Morgan fingerprint density at radius 3 is 2.37 bits per heavy atom. The lowest BCUT2D eigenvalue weighted by atomic mass is 10.0. The number of hydrogen-bond donors (Lipinski definition) is 1. The van der Waals surface area contributed by atoms with E-state index >= 15 is 0 Å². The average Bonchev–Trinajstić information content (AvgIpc) is 2.71. The first-order valence-electron chi connectivity index (χ1n) is 10.5. The molecule has 0 saturated heterocycles. The minimum atomic E-state index is -4.50. The molecule has 1 aromatic carbocycles. The average molecular weight is 445 g/mol. The summed E-state index contributed by atoms with van der Waals surface area (Å²) in [6.45, 7) is 7.82. The molecule has 0 heterocycles. The molecule has 2 atom stereocenters. The molecular weight excluding hydrogens is 408 g/mol. The van der Waals surface area contributed by atoms with Crippen molar-refractivity contribution in [1.82, 2.24) is 0 Å². The summed E-state index contributed by atoms with van der Waals surface area (Å²) >= 11 is 0. The lowest BCUT2D eigenvalue weighted by Gasteiger charge is -2.18. The Balaban J connectivity index is 2.45. The van der Waals surface area contributed by atoms with E-state index in [9.17, 15) is 8.42 Å². The normalized spacial score (nSPS) is 13.7. The molecule has 2 unspecified atom stereocenters. The summed E-state index contributed by atoms with van der Waals surface area (Å²) in [6.07, 6.45) is 9.81. The van der Waals surface area contributed by atoms with Crippen LogP contribution in [0.3, 0.4) is 0 Å². The van der Waals surface area contributed by atoms with E-state index in [1.54, 1.807) is 13.0 Å². The molecule has 8 heteroatoms. The van der Waals surface area contributed by atoms with Crippen molar-refractivity contribution in [2.45, 2.75) is 71.0 Å². The first-order valence-corrected chi connectivity index (χ1v) is 11.9. The van der Waals surface area contributed by atoms with Crippen LogP contribution < -0.4 is 4.74 Å². The molecule has 172 valence electrons. The van der Waals surface area contributed by atoms with Crippen LogP contribution >= 0.6 is 0 Å². The molecule has 1 aromatic rings. The van der Waals surface area contributed by atoms with E-state index in [-0.39, 0.29) is 12.7 Å². The first-order chi connectivity index (χ1) is 14.4. The molecule has 0 aliphatic heterocycles. The lowest BCUT2D eigenvalue weighted by molar-refractivity contribution is -0.0453. The van der Waals surface area contributed by atoms with Gasteiger partial charge in [-0.2, -0.15) is 8.42 Å². The van der Waals surface area contributed by atoms with Crippen LogP contribution in [-0.2, 0) is 24.1 Å². The number of unbranched alkanes of at least 4 members (excludes halogenated alkanes) is 5. The largest absolute Gasteiger partial charge is 0.491 e. The van der Waals surface area contributed by atoms with Gasteiger partial charge < -0.3 is 14.2 Å². The Hall–Kier alpha value is -1.45. The second-order valence-corrected chi connectivity index (χ2v) is 8.28. The molecule has 0 bridgehead atoms. The van der Waals surface area contributed by atoms with Gasteiger partial charge in [0.25, 0.3) is 0 Å². The summed E-state index contributed by atoms with van der Waals surface area (Å²) in [6, 6.07) is 7.74. The van der Waals surface area contributed by atoms with Crippen LogP contribution in [0.1, 0.15) is 70.5 Å². The molecule has 0 aliphatic carbocycles. The third-order valence-electron chi connectivity index (χ3n) is 4.52. The minimum Gasteiger partial charge on any atom is -0.491 e. The van der Waals surface area contributed by atoms with Crippen molar-refractivity contribution in [2.24, 2.45) is 0 Å². The van der Waals surface area contributed by atoms with Crippen LogP contribution in [0, 0.1) is 0 Å². The third-order valence-corrected chi connectivity index (χ3v) is 4.92. The number of rotatable bonds is 18. The molecule has 0 aromatic heterocycles. The highest BCUT2D eigenvalue weighted by molar-refractivity contribution is 7.80. The van der Waals surface area contributed by atoms with Gasteiger partial charge in [-0.15, -0.1) is 6.58 Å². The van der Waals surface area contributed by atoms with E-state index in [1.165, 1.54) is 32.1 Å². The van der Waals surface area contributed by atoms with Crippen molar-refractivity contribution in [3.63, 3.8) is 0 Å². The Kier molecular flexibility index (Phi) is 13.6. The van der Waals surface area contributed by atoms with Gasteiger partial charge in [0, 0.05) is 0 Å². The zero-order valence-electron chi connectivity index (χ0n) is 18.1. The van der Waals surface area contributed by atoms with Gasteiger partial charge in [0.15, 0.2) is 6.79 Å². The van der Waals surface area contributed by atoms with Crippen molar-refractivity contribution in [3.8, 4) is 5.75 Å². The van der Waals surface area contributed by atoms with E-state index in [4.69, 9.17) is 18.8 Å². The van der Waals surface area contributed by atoms with Crippen molar-refractivity contribution in [2.75, 3.05) is 20.0 Å². The molecule has 0 fully saturated rings. The zero-order valence-corrected chi connectivity index (χ0v) is 18.9. The van der Waals surface area contributed by atoms with Crippen molar-refractivity contribution < 1.29 is 31.4 Å². The summed E-state index contributed by atoms with van der Waals surface area (Å²) in [5, 5.41) is 0. The van der Waals surface area contributed by atoms with Crippen LogP contribution in [-0.4, -0.2) is 39.1 Å². The van der Waals surface area contributed by atoms with E-state index in [1.807, 2.05) is 24.3 Å². The molecule has 1 rings (SSSR count). The van der Waals surface area contributed by atoms with Gasteiger partial charge in [0.1, 0.15) is 12.4 Å². The fourth-order valence-corrected chi connectivity index (χ4v) is 3.06. The summed E-state index contributed by atoms with van der Waals surface area (Å²) in [5.74, 6) is 0.673. The van der Waals surface area contributed by atoms with Crippen LogP contribution in [0.4, 0.5) is 0 Å². The van der Waals surface area contributed by atoms with Crippen LogP contribution in [0.2, 0.25) is 0 Å². The Labute approximate surface area is 181 Å². The molecule has 0 amide bonds. The molecule has 0 radical (unpaired) electrons. The smallest absolute Gasteiger partial charge is 0.399 e. The highest BCUT2D eigenvalue weighted by Crippen LogP contribution is 2.26. The molecular formula is C22H36O7S. The third kappa shape index (κ3) is 13.0. The summed E-state index contributed by atoms with van der Waals surface area (Å²) < 4.78 is 50.3. The predicted molar refractivity (Wildman–Crippen MR) is 117 cm³/mol. The van der Waals surface area contributed by atoms with Gasteiger partial charge in [-0.05, 0) is 31.0 Å². The van der Waals surface area contributed by atoms with Gasteiger partial charge in [0.2, 0.25) is 0 Å². The highest BCUT2D eigenvalue weighted by atomic mass is 32.3. The first kappa shape index (κ1) is 26.6. The van der Waals surface area contributed by atoms with Gasteiger partial charge in [0.05, 0.1) is 18.8 Å². The van der Waals surface area contributed by atoms with E-state index in [0.29, 0.717) is 12.4 Å². The highest BCUT2D eigenvalue weighted by Gasteiger charge is 2.12. The van der Waals surface area contributed by atoms with Crippen LogP contribution in [0.25, 0.3) is 0 Å². The monoisotopic (exact) mass is 444 g/mol. The topological polar surface area (TPSA) is 91.3 Å². The zero-order chi connectivity index (χ0) is 22.2. The number of hydrogen-bond acceptors (Lipinski definition) is 6. The van der Waals surface area contributed by atoms with E-state index in [0.717, 1.165) is 18.4 Å². The summed E-state index contributed by atoms with van der Waals surface area (Å²) in [5.41, 5.74) is 1.10. The quantitative estimate of drug-likeness (QED) is 0.143. The maximum Gasteiger partial charge on any atom is 0.399 e. The van der Waals surface area contributed by atoms with Crippen molar-refractivity contribution in [1.29, 1.82) is 0 Å². The SMILES string of the molecule is C=CCOC(CCCCCCCC)c1ccc(OCC(C)OCOS(=O)(=O)O)cc1. The summed E-state index contributed by atoms with van der Waals surface area (Å²) in [4.78, 5) is 0. The maximum absolute atomic E-state index is 10.5. The van der Waals surface area contributed by atoms with Gasteiger partial charge in [-0.1, -0.05) is 63.7 Å². The molecule has 30 heavy (non-hydrogen) atoms. The molecule has 0 aliphatic rings. The maximum atomic E-state index is 10.5. The molecule has 7 nitrogen and oxygen atoms in total. The number of ether oxygens (including phenoxy) is 3. The van der Waals surface area contributed by atoms with E-state index in [2.05, 4.69) is 17.7 Å². The fraction of sp³-hybridized carbons (Fsp3) is 0.636. The minimum absolute atomic E-state index is 0.0306. The molecule has 0 saturated carbocycles. The lowest BCUT2D eigenvalue weighted by Crippen LogP contribution is -2.20. The Bertz CT molecular complexity index is 673. The standard InChI is InChI=1S/C22H36O7S/c1-4-6-7-8-9-10-11-22(26-16-5-2)20-12-14-21(15-13-20)27-17-19(3)28-18-29-30(23,24)25/h5,12-15,19,22H,2,4,6-11,16-18H2,1,3H3,(H,23,24,25). The van der Waals surface area contributed by atoms with Crippen molar-refractivity contribution >= 4 is 10.4 Å². The van der Waals surface area contributed by atoms with Gasteiger partial charge in [-0.25, -0.2) is 4.18 Å². The second-order valence-electron chi connectivity index (χ2n) is 7.19. The second kappa shape index (κ2) is 15.4. The Morgan fingerprint density at radius 2 is 1.73 bits per heavy atom. The number of benzene rings is 1. The molecule has 1 N–H and O–H groups in total. The van der Waals surface area contributed by atoms with Gasteiger partial charge in [-0.3, -0.25) is 4.55 Å². The van der Waals surface area contributed by atoms with Crippen LogP contribution in [0.5, 0.6) is 5.75 Å².